The molecule has 0 bridgehead atoms. The molecule has 32 heavy (non-hydrogen) atoms. The largest absolute Gasteiger partial charge is 0.341 e. The molecular formula is C26H19ClN4O. The number of nitrogens with zero attached hydrogens (tertiary/aromatic N) is 3. The van der Waals surface area contributed by atoms with Crippen LogP contribution >= 0.6 is 11.6 Å². The van der Waals surface area contributed by atoms with Gasteiger partial charge in [-0.15, -0.1) is 0 Å². The van der Waals surface area contributed by atoms with Crippen LogP contribution in [0.25, 0.3) is 16.9 Å². The second-order valence-corrected chi connectivity index (χ2v) is 7.80. The van der Waals surface area contributed by atoms with E-state index in [1.54, 1.807) is 16.9 Å². The van der Waals surface area contributed by atoms with Crippen molar-refractivity contribution in [3.05, 3.63) is 125 Å². The van der Waals surface area contributed by atoms with Crippen LogP contribution in [0.15, 0.2) is 103 Å². The fourth-order valence-corrected chi connectivity index (χ4v) is 3.97. The molecule has 0 aliphatic carbocycles. The highest BCUT2D eigenvalue weighted by molar-refractivity contribution is 6.30. The van der Waals surface area contributed by atoms with Crippen LogP contribution in [0.3, 0.4) is 0 Å². The number of hydrogen-bond donors (Lipinski definition) is 1. The van der Waals surface area contributed by atoms with Gasteiger partial charge in [-0.1, -0.05) is 84.4 Å². The summed E-state index contributed by atoms with van der Waals surface area (Å²) in [5, 5.41) is 8.24. The molecule has 1 amide bonds. The highest BCUT2D eigenvalue weighted by Crippen LogP contribution is 2.25. The zero-order chi connectivity index (χ0) is 21.9. The van der Waals surface area contributed by atoms with E-state index in [-0.39, 0.29) is 11.9 Å². The summed E-state index contributed by atoms with van der Waals surface area (Å²) in [5.41, 5.74) is 4.59. The van der Waals surface area contributed by atoms with E-state index in [1.807, 2.05) is 91.0 Å². The first-order valence-corrected chi connectivity index (χ1v) is 10.6. The molecule has 0 radical (unpaired) electrons. The van der Waals surface area contributed by atoms with Gasteiger partial charge in [-0.05, 0) is 29.3 Å². The van der Waals surface area contributed by atoms with Crippen LogP contribution in [-0.4, -0.2) is 20.5 Å². The number of amides is 1. The summed E-state index contributed by atoms with van der Waals surface area (Å²) >= 11 is 6.17. The molecule has 0 saturated heterocycles. The second-order valence-electron chi connectivity index (χ2n) is 7.36. The van der Waals surface area contributed by atoms with Crippen LogP contribution in [0.5, 0.6) is 0 Å². The monoisotopic (exact) mass is 438 g/mol. The average molecular weight is 439 g/mol. The molecule has 0 aliphatic heterocycles. The molecule has 1 N–H and O–H groups in total. The molecule has 156 valence electrons. The summed E-state index contributed by atoms with van der Waals surface area (Å²) in [6, 6.07) is 28.8. The zero-order valence-corrected chi connectivity index (χ0v) is 17.8. The maximum absolute atomic E-state index is 13.4. The van der Waals surface area contributed by atoms with Crippen LogP contribution in [-0.2, 0) is 0 Å². The predicted octanol–water partition coefficient (Wildman–Crippen LogP) is 5.57. The van der Waals surface area contributed by atoms with Gasteiger partial charge < -0.3 is 5.32 Å². The van der Waals surface area contributed by atoms with Gasteiger partial charge in [-0.25, -0.2) is 9.50 Å². The average Bonchev–Trinajstić information content (AvgIpc) is 3.28. The van der Waals surface area contributed by atoms with Crippen molar-refractivity contribution in [2.24, 2.45) is 0 Å². The highest BCUT2D eigenvalue weighted by atomic mass is 35.5. The minimum absolute atomic E-state index is 0.242. The Hall–Kier alpha value is -3.96. The van der Waals surface area contributed by atoms with Crippen LogP contribution in [0.1, 0.15) is 27.5 Å². The number of carbonyl (C=O) groups is 1. The number of nitrogens with one attached hydrogen (secondary N) is 1. The SMILES string of the molecule is O=C(NC(c1ccccc1)c1ccccc1)c1cnn2c(-c3cccc(Cl)c3)ccnc12. The first kappa shape index (κ1) is 20.0. The van der Waals surface area contributed by atoms with E-state index in [9.17, 15) is 4.79 Å². The fourth-order valence-electron chi connectivity index (χ4n) is 3.78. The quantitative estimate of drug-likeness (QED) is 0.390. The summed E-state index contributed by atoms with van der Waals surface area (Å²) < 4.78 is 1.67. The third-order valence-electron chi connectivity index (χ3n) is 5.31. The number of benzene rings is 3. The lowest BCUT2D eigenvalue weighted by Crippen LogP contribution is -2.29. The van der Waals surface area contributed by atoms with Crippen molar-refractivity contribution in [3.8, 4) is 11.3 Å². The molecule has 0 atom stereocenters. The number of rotatable bonds is 5. The molecule has 0 saturated carbocycles. The third-order valence-corrected chi connectivity index (χ3v) is 5.54. The molecule has 6 heteroatoms. The van der Waals surface area contributed by atoms with Crippen molar-refractivity contribution in [3.63, 3.8) is 0 Å². The molecule has 2 heterocycles. The van der Waals surface area contributed by atoms with Gasteiger partial charge in [0, 0.05) is 16.8 Å². The van der Waals surface area contributed by atoms with Gasteiger partial charge in [-0.2, -0.15) is 5.10 Å². The molecule has 0 unspecified atom stereocenters. The van der Waals surface area contributed by atoms with Gasteiger partial charge in [0.05, 0.1) is 17.9 Å². The van der Waals surface area contributed by atoms with Crippen molar-refractivity contribution in [2.75, 3.05) is 0 Å². The van der Waals surface area contributed by atoms with E-state index < -0.39 is 0 Å². The lowest BCUT2D eigenvalue weighted by Gasteiger charge is -2.19. The van der Waals surface area contributed by atoms with Gasteiger partial charge >= 0.3 is 0 Å². The lowest BCUT2D eigenvalue weighted by atomic mass is 9.98. The van der Waals surface area contributed by atoms with Crippen molar-refractivity contribution in [1.82, 2.24) is 19.9 Å². The van der Waals surface area contributed by atoms with Crippen LogP contribution in [0.2, 0.25) is 5.02 Å². The Morgan fingerprint density at radius 2 is 1.56 bits per heavy atom. The summed E-state index contributed by atoms with van der Waals surface area (Å²) in [4.78, 5) is 17.8. The van der Waals surface area contributed by atoms with Crippen LogP contribution in [0.4, 0.5) is 0 Å². The van der Waals surface area contributed by atoms with Gasteiger partial charge in [0.25, 0.3) is 5.91 Å². The van der Waals surface area contributed by atoms with E-state index in [1.165, 1.54) is 0 Å². The van der Waals surface area contributed by atoms with E-state index in [4.69, 9.17) is 11.6 Å². The Balaban J connectivity index is 1.53. The highest BCUT2D eigenvalue weighted by Gasteiger charge is 2.21. The molecule has 2 aromatic heterocycles. The summed E-state index contributed by atoms with van der Waals surface area (Å²) in [6.45, 7) is 0. The van der Waals surface area contributed by atoms with Gasteiger partial charge in [0.15, 0.2) is 5.65 Å². The standard InChI is InChI=1S/C26H19ClN4O/c27-21-13-7-12-20(16-21)23-14-15-28-25-22(17-29-31(23)25)26(32)30-24(18-8-3-1-4-9-18)19-10-5-2-6-11-19/h1-17,24H,(H,30,32). The Labute approximate surface area is 190 Å². The number of hydrogen-bond acceptors (Lipinski definition) is 3. The second kappa shape index (κ2) is 8.65. The van der Waals surface area contributed by atoms with Crippen LogP contribution in [0, 0.1) is 0 Å². The smallest absolute Gasteiger partial charge is 0.257 e. The van der Waals surface area contributed by atoms with Gasteiger partial charge in [0.2, 0.25) is 0 Å². The summed E-state index contributed by atoms with van der Waals surface area (Å²) in [6.07, 6.45) is 3.23. The Morgan fingerprint density at radius 3 is 2.22 bits per heavy atom. The summed E-state index contributed by atoms with van der Waals surface area (Å²) in [7, 11) is 0. The van der Waals surface area contributed by atoms with Crippen molar-refractivity contribution in [1.29, 1.82) is 0 Å². The topological polar surface area (TPSA) is 59.3 Å². The molecule has 5 nitrogen and oxygen atoms in total. The van der Waals surface area contributed by atoms with Crippen LogP contribution < -0.4 is 5.32 Å². The summed E-state index contributed by atoms with van der Waals surface area (Å²) in [5.74, 6) is -0.242. The predicted molar refractivity (Wildman–Crippen MR) is 126 cm³/mol. The molecule has 3 aromatic carbocycles. The molecule has 0 aliphatic rings. The van der Waals surface area contributed by atoms with Crippen molar-refractivity contribution < 1.29 is 4.79 Å². The van der Waals surface area contributed by atoms with Crippen molar-refractivity contribution in [2.45, 2.75) is 6.04 Å². The molecule has 5 aromatic rings. The third kappa shape index (κ3) is 3.86. The van der Waals surface area contributed by atoms with Gasteiger partial charge in [0.1, 0.15) is 5.56 Å². The number of fused-ring (bicyclic) bond motifs is 1. The molecule has 0 spiro atoms. The van der Waals surface area contributed by atoms with E-state index in [0.717, 1.165) is 22.4 Å². The Bertz CT molecular complexity index is 1340. The van der Waals surface area contributed by atoms with Crippen molar-refractivity contribution >= 4 is 23.2 Å². The minimum atomic E-state index is -0.295. The number of carbonyl (C=O) groups excluding carboxylic acids is 1. The fraction of sp³-hybridized carbons (Fsp3) is 0.0385. The normalized spacial score (nSPS) is 11.1. The first-order valence-electron chi connectivity index (χ1n) is 10.2. The molecule has 0 fully saturated rings. The van der Waals surface area contributed by atoms with Gasteiger partial charge in [-0.3, -0.25) is 4.79 Å². The molecule has 5 rings (SSSR count). The molecular weight excluding hydrogens is 420 g/mol. The lowest BCUT2D eigenvalue weighted by molar-refractivity contribution is 0.0944. The van der Waals surface area contributed by atoms with E-state index in [0.29, 0.717) is 16.2 Å². The maximum atomic E-state index is 13.4. The first-order chi connectivity index (χ1) is 15.7. The number of aromatic nitrogens is 3. The zero-order valence-electron chi connectivity index (χ0n) is 17.0. The Kier molecular flexibility index (Phi) is 5.40. The van der Waals surface area contributed by atoms with E-state index >= 15 is 0 Å². The van der Waals surface area contributed by atoms with E-state index in [2.05, 4.69) is 15.4 Å². The maximum Gasteiger partial charge on any atom is 0.257 e. The minimum Gasteiger partial charge on any atom is -0.341 e. The number of halogens is 1. The Morgan fingerprint density at radius 1 is 0.875 bits per heavy atom.